The predicted molar refractivity (Wildman–Crippen MR) is 217 cm³/mol. The van der Waals surface area contributed by atoms with Crippen molar-refractivity contribution in [3.8, 4) is 51.6 Å². The fourth-order valence-corrected chi connectivity index (χ4v) is 7.43. The van der Waals surface area contributed by atoms with Crippen LogP contribution in [0.4, 0.5) is 0 Å². The predicted octanol–water partition coefficient (Wildman–Crippen LogP) is -3.57. The van der Waals surface area contributed by atoms with Crippen LogP contribution in [-0.2, 0) is 28.5 Å². The molecule has 0 bridgehead atoms. The summed E-state index contributed by atoms with van der Waals surface area (Å²) in [5.41, 5.74) is -1.72. The number of benzene rings is 3. The average Bonchev–Trinajstić information content (AvgIpc) is 3.30. The Bertz CT molecular complexity index is 2490. The maximum absolute atomic E-state index is 14.5. The third-order valence-corrected chi connectivity index (χ3v) is 11.1. The maximum Gasteiger partial charge on any atom is 0.331 e. The van der Waals surface area contributed by atoms with Gasteiger partial charge in [0.25, 0.3) is 0 Å². The zero-order valence-corrected chi connectivity index (χ0v) is 34.3. The maximum atomic E-state index is 14.5. The smallest absolute Gasteiger partial charge is 0.331 e. The second-order valence-electron chi connectivity index (χ2n) is 15.5. The molecule has 4 aromatic rings. The molecule has 0 amide bonds. The molecular weight excluding hydrogens is 904 g/mol. The number of aliphatic hydroxyl groups is 10. The fraction of sp³-hybridized carbons (Fsp3) is 0.429. The van der Waals surface area contributed by atoms with Crippen molar-refractivity contribution in [3.63, 3.8) is 0 Å². The highest BCUT2D eigenvalue weighted by Crippen LogP contribution is 2.41. The van der Waals surface area contributed by atoms with Gasteiger partial charge in [0.2, 0.25) is 23.8 Å². The van der Waals surface area contributed by atoms with Gasteiger partial charge in [-0.3, -0.25) is 4.79 Å². The van der Waals surface area contributed by atoms with Crippen LogP contribution in [0.1, 0.15) is 5.56 Å². The van der Waals surface area contributed by atoms with Crippen LogP contribution in [0.2, 0.25) is 0 Å². The summed E-state index contributed by atoms with van der Waals surface area (Å²) in [6.45, 7) is -2.75. The van der Waals surface area contributed by atoms with Gasteiger partial charge in [-0.2, -0.15) is 0 Å². The minimum atomic E-state index is -2.17. The number of rotatable bonds is 13. The van der Waals surface area contributed by atoms with Gasteiger partial charge in [0.05, 0.1) is 19.8 Å². The number of aromatic hydroxyl groups is 5. The molecule has 25 heteroatoms. The van der Waals surface area contributed by atoms with Crippen molar-refractivity contribution in [2.45, 2.75) is 92.1 Å². The summed E-state index contributed by atoms with van der Waals surface area (Å²) in [6, 6.07) is 8.46. The molecule has 3 fully saturated rings. The number of hydrogen-bond acceptors (Lipinski definition) is 25. The first-order valence-electron chi connectivity index (χ1n) is 20.2. The number of hydrogen-bond donors (Lipinski definition) is 15. The van der Waals surface area contributed by atoms with Gasteiger partial charge in [-0.1, -0.05) is 6.07 Å². The number of carbonyl (C=O) groups is 1. The van der Waals surface area contributed by atoms with Gasteiger partial charge in [0, 0.05) is 23.8 Å². The molecule has 0 unspecified atom stereocenters. The van der Waals surface area contributed by atoms with E-state index in [1.807, 2.05) is 0 Å². The Kier molecular flexibility index (Phi) is 14.7. The average molecular weight is 951 g/mol. The van der Waals surface area contributed by atoms with Gasteiger partial charge in [-0.15, -0.1) is 0 Å². The third-order valence-electron chi connectivity index (χ3n) is 11.1. The van der Waals surface area contributed by atoms with Gasteiger partial charge in [0.1, 0.15) is 83.5 Å². The van der Waals surface area contributed by atoms with E-state index in [1.54, 1.807) is 0 Å². The van der Waals surface area contributed by atoms with Crippen molar-refractivity contribution in [2.75, 3.05) is 19.8 Å². The van der Waals surface area contributed by atoms with Crippen molar-refractivity contribution in [2.24, 2.45) is 0 Å². The zero-order chi connectivity index (χ0) is 48.6. The number of esters is 1. The molecule has 0 saturated carbocycles. The number of ether oxygens (including phenoxy) is 7. The minimum absolute atomic E-state index is 0.200. The molecule has 0 radical (unpaired) electrons. The Morgan fingerprint density at radius 2 is 1.15 bits per heavy atom. The summed E-state index contributed by atoms with van der Waals surface area (Å²) in [6.07, 6.45) is -26.5. The van der Waals surface area contributed by atoms with E-state index in [9.17, 15) is 86.2 Å². The number of phenolic OH excluding ortho intramolecular Hbond substituents is 5. The molecule has 1 aromatic heterocycles. The van der Waals surface area contributed by atoms with Crippen LogP contribution in [0, 0.1) is 0 Å². The van der Waals surface area contributed by atoms with Crippen LogP contribution in [0.25, 0.3) is 28.4 Å². The summed E-state index contributed by atoms with van der Waals surface area (Å²) in [5, 5.41) is 155. The van der Waals surface area contributed by atoms with E-state index in [2.05, 4.69) is 0 Å². The van der Waals surface area contributed by atoms with Crippen molar-refractivity contribution in [1.29, 1.82) is 0 Å². The molecule has 67 heavy (non-hydrogen) atoms. The van der Waals surface area contributed by atoms with Crippen LogP contribution >= 0.6 is 0 Å². The molecule has 3 aliphatic heterocycles. The summed E-state index contributed by atoms with van der Waals surface area (Å²) in [5.74, 6) is -6.30. The number of carbonyl (C=O) groups excluding carboxylic acids is 1. The van der Waals surface area contributed by atoms with Crippen LogP contribution in [0.5, 0.6) is 40.2 Å². The summed E-state index contributed by atoms with van der Waals surface area (Å²) in [7, 11) is 0. The minimum Gasteiger partial charge on any atom is -0.507 e. The normalized spacial score (nSPS) is 32.3. The van der Waals surface area contributed by atoms with Crippen LogP contribution in [-0.4, -0.2) is 195 Å². The summed E-state index contributed by atoms with van der Waals surface area (Å²) >= 11 is 0. The van der Waals surface area contributed by atoms with Gasteiger partial charge in [-0.05, 0) is 42.0 Å². The number of fused-ring (bicyclic) bond motifs is 1. The lowest BCUT2D eigenvalue weighted by Crippen LogP contribution is -2.65. The lowest BCUT2D eigenvalue weighted by Gasteiger charge is -2.46. The largest absolute Gasteiger partial charge is 0.507 e. The monoisotopic (exact) mass is 950 g/mol. The Morgan fingerprint density at radius 1 is 0.582 bits per heavy atom. The van der Waals surface area contributed by atoms with E-state index in [0.29, 0.717) is 0 Å². The highest BCUT2D eigenvalue weighted by Gasteiger charge is 2.53. The Morgan fingerprint density at radius 3 is 1.76 bits per heavy atom. The summed E-state index contributed by atoms with van der Waals surface area (Å²) in [4.78, 5) is 27.6. The van der Waals surface area contributed by atoms with Crippen molar-refractivity contribution in [3.05, 3.63) is 70.4 Å². The molecule has 364 valence electrons. The second-order valence-corrected chi connectivity index (χ2v) is 15.5. The van der Waals surface area contributed by atoms with Crippen molar-refractivity contribution < 1.29 is 119 Å². The van der Waals surface area contributed by atoms with Gasteiger partial charge in [-0.25, -0.2) is 4.79 Å². The highest BCUT2D eigenvalue weighted by molar-refractivity contribution is 5.89. The molecule has 3 saturated heterocycles. The van der Waals surface area contributed by atoms with Crippen molar-refractivity contribution in [1.82, 2.24) is 0 Å². The first-order chi connectivity index (χ1) is 31.8. The van der Waals surface area contributed by atoms with Crippen LogP contribution in [0.3, 0.4) is 0 Å². The molecule has 15 atom stereocenters. The SMILES string of the molecule is O=C(/C=C/c1ccc(O)c(O)c1)O[C@H]1[C@H](O[C@H]2[C@H](Oc3c(-c4ccc(O)c(O)c4)oc4cc(O[C@@H]5O[C@H](CO)[C@@H](O)[C@H](O)[C@H]5O)cc(O)c4c3=O)O[C@H](CO)[C@@H](O)[C@@H]2O)O[C@H](CO)[C@@H](O)[C@@H]1O. The van der Waals surface area contributed by atoms with E-state index in [-0.39, 0.29) is 16.9 Å². The van der Waals surface area contributed by atoms with E-state index < -0.39 is 175 Å². The zero-order valence-electron chi connectivity index (χ0n) is 34.3. The molecule has 7 rings (SSSR count). The molecular formula is C42H46O25. The quantitative estimate of drug-likeness (QED) is 0.0350. The first kappa shape index (κ1) is 49.0. The molecule has 3 aromatic carbocycles. The van der Waals surface area contributed by atoms with Crippen LogP contribution < -0.4 is 14.9 Å². The topological polar surface area (TPSA) is 415 Å². The molecule has 0 aliphatic carbocycles. The Labute approximate surface area is 375 Å². The van der Waals surface area contributed by atoms with Gasteiger partial charge < -0.3 is 114 Å². The van der Waals surface area contributed by atoms with Crippen molar-refractivity contribution >= 4 is 23.0 Å². The lowest BCUT2D eigenvalue weighted by molar-refractivity contribution is -0.358. The second kappa shape index (κ2) is 20.1. The van der Waals surface area contributed by atoms with Gasteiger partial charge >= 0.3 is 5.97 Å². The van der Waals surface area contributed by atoms with E-state index in [0.717, 1.165) is 54.6 Å². The summed E-state index contributed by atoms with van der Waals surface area (Å²) < 4.78 is 45.7. The van der Waals surface area contributed by atoms with Gasteiger partial charge in [0.15, 0.2) is 47.3 Å². The fourth-order valence-electron chi connectivity index (χ4n) is 7.43. The molecule has 25 nitrogen and oxygen atoms in total. The highest BCUT2D eigenvalue weighted by atomic mass is 16.8. The van der Waals surface area contributed by atoms with E-state index >= 15 is 0 Å². The van der Waals surface area contributed by atoms with E-state index in [1.165, 1.54) is 6.07 Å². The first-order valence-corrected chi connectivity index (χ1v) is 20.2. The molecule has 4 heterocycles. The third kappa shape index (κ3) is 9.91. The molecule has 0 spiro atoms. The number of aliphatic hydroxyl groups excluding tert-OH is 10. The van der Waals surface area contributed by atoms with E-state index in [4.69, 9.17) is 37.6 Å². The standard InChI is InChI=1S/C42H46O25/c43-11-23-28(52)32(56)35(59)40(62-23)60-16-9-21(50)27-22(10-16)61-36(15-3-5-18(47)20(49)8-15)37(31(27)55)66-42-39(34(58)30(54)25(13-45)64-42)67-41-38(33(57)29(53)24(12-44)63-41)65-26(51)6-2-14-1-4-17(46)19(48)7-14/h1-10,23-25,28-30,32-35,38-50,52-54,56-59H,11-13H2/b6-2+/t23-,24-,25-,28-,29-,30-,32+,33+,34+,35-,38-,39-,40-,41+,42+/m1/s1. The Balaban J connectivity index is 1.26. The number of phenols is 5. The lowest BCUT2D eigenvalue weighted by atomic mass is 9.97. The Hall–Kier alpha value is -5.88. The van der Waals surface area contributed by atoms with Crippen LogP contribution in [0.15, 0.2) is 63.8 Å². The molecule has 3 aliphatic rings. The molecule has 15 N–H and O–H groups in total.